The molecule has 21 heavy (non-hydrogen) atoms. The molecule has 2 rings (SSSR count). The predicted octanol–water partition coefficient (Wildman–Crippen LogP) is 4.40. The first kappa shape index (κ1) is 16.3. The van der Waals surface area contributed by atoms with Crippen molar-refractivity contribution in [2.45, 2.75) is 18.4 Å². The highest BCUT2D eigenvalue weighted by Crippen LogP contribution is 2.25. The van der Waals surface area contributed by atoms with Crippen molar-refractivity contribution >= 4 is 35.7 Å². The van der Waals surface area contributed by atoms with Crippen LogP contribution in [0.2, 0.25) is 0 Å². The van der Waals surface area contributed by atoms with Gasteiger partial charge in [-0.1, -0.05) is 15.9 Å². The van der Waals surface area contributed by atoms with Crippen molar-refractivity contribution in [1.82, 2.24) is 0 Å². The molecule has 2 aromatic rings. The third-order valence-corrected chi connectivity index (χ3v) is 5.07. The minimum Gasteiger partial charge on any atom is -0.489 e. The molecule has 0 fully saturated rings. The summed E-state index contributed by atoms with van der Waals surface area (Å²) in [5.41, 5.74) is 1.14. The van der Waals surface area contributed by atoms with Crippen LogP contribution in [0.3, 0.4) is 0 Å². The van der Waals surface area contributed by atoms with Crippen LogP contribution in [0, 0.1) is 12.7 Å². The number of halogens is 3. The van der Waals surface area contributed by atoms with Crippen LogP contribution in [0.1, 0.15) is 11.1 Å². The van der Waals surface area contributed by atoms with Crippen molar-refractivity contribution in [1.29, 1.82) is 0 Å². The average Bonchev–Trinajstić information content (AvgIpc) is 2.38. The second kappa shape index (κ2) is 6.34. The number of ether oxygens (including phenoxy) is 1. The summed E-state index contributed by atoms with van der Waals surface area (Å²) >= 11 is 3.31. The van der Waals surface area contributed by atoms with E-state index >= 15 is 0 Å². The molecule has 112 valence electrons. The van der Waals surface area contributed by atoms with Crippen LogP contribution in [0.15, 0.2) is 45.8 Å². The number of benzene rings is 2. The molecule has 0 saturated heterocycles. The maximum absolute atomic E-state index is 13.2. The minimum absolute atomic E-state index is 0.0449. The molecule has 0 atom stereocenters. The van der Waals surface area contributed by atoms with E-state index in [1.165, 1.54) is 24.3 Å². The quantitative estimate of drug-likeness (QED) is 0.723. The molecular weight excluding hydrogens is 383 g/mol. The number of hydrogen-bond acceptors (Lipinski definition) is 3. The van der Waals surface area contributed by atoms with Gasteiger partial charge in [0.1, 0.15) is 18.2 Å². The lowest BCUT2D eigenvalue weighted by Gasteiger charge is -2.10. The molecule has 0 aliphatic rings. The standard InChI is InChI=1S/C14H11BrClFO3S/c1-9-6-12(3-5-14(9)21(16,18)19)20-8-10-7-11(17)2-4-13(10)15/h2-7H,8H2,1H3. The molecule has 2 aromatic carbocycles. The molecule has 3 nitrogen and oxygen atoms in total. The van der Waals surface area contributed by atoms with Crippen LogP contribution in [0.25, 0.3) is 0 Å². The Morgan fingerprint density at radius 3 is 2.57 bits per heavy atom. The Morgan fingerprint density at radius 2 is 1.95 bits per heavy atom. The molecule has 0 saturated carbocycles. The molecule has 0 spiro atoms. The normalized spacial score (nSPS) is 11.4. The molecule has 0 amide bonds. The molecule has 0 unspecified atom stereocenters. The Bertz CT molecular complexity index is 778. The summed E-state index contributed by atoms with van der Waals surface area (Å²) in [5, 5.41) is 0. The zero-order valence-corrected chi connectivity index (χ0v) is 14.1. The maximum atomic E-state index is 13.2. The van der Waals surface area contributed by atoms with E-state index in [1.54, 1.807) is 19.1 Å². The molecule has 7 heteroatoms. The van der Waals surface area contributed by atoms with E-state index in [1.807, 2.05) is 0 Å². The van der Waals surface area contributed by atoms with Crippen molar-refractivity contribution in [3.8, 4) is 5.75 Å². The van der Waals surface area contributed by atoms with Crippen LogP contribution < -0.4 is 4.74 Å². The topological polar surface area (TPSA) is 43.4 Å². The van der Waals surface area contributed by atoms with Gasteiger partial charge < -0.3 is 4.74 Å². The summed E-state index contributed by atoms with van der Waals surface area (Å²) in [6.07, 6.45) is 0. The van der Waals surface area contributed by atoms with Gasteiger partial charge in [0, 0.05) is 20.7 Å². The summed E-state index contributed by atoms with van der Waals surface area (Å²) in [4.78, 5) is 0.0449. The molecule has 0 heterocycles. The fraction of sp³-hybridized carbons (Fsp3) is 0.143. The van der Waals surface area contributed by atoms with Crippen molar-refractivity contribution in [3.05, 3.63) is 57.8 Å². The first-order valence-electron chi connectivity index (χ1n) is 5.89. The Balaban J connectivity index is 2.18. The Kier molecular flexibility index (Phi) is 4.91. The lowest BCUT2D eigenvalue weighted by atomic mass is 10.2. The first-order chi connectivity index (χ1) is 9.77. The highest BCUT2D eigenvalue weighted by atomic mass is 79.9. The molecule has 0 aliphatic carbocycles. The lowest BCUT2D eigenvalue weighted by molar-refractivity contribution is 0.304. The summed E-state index contributed by atoms with van der Waals surface area (Å²) in [7, 11) is 1.54. The van der Waals surface area contributed by atoms with Crippen LogP contribution in [-0.4, -0.2) is 8.42 Å². The Morgan fingerprint density at radius 1 is 1.24 bits per heavy atom. The van der Waals surface area contributed by atoms with E-state index in [4.69, 9.17) is 15.4 Å². The van der Waals surface area contributed by atoms with Gasteiger partial charge >= 0.3 is 0 Å². The van der Waals surface area contributed by atoms with Crippen LogP contribution in [0.5, 0.6) is 5.75 Å². The second-order valence-electron chi connectivity index (χ2n) is 4.39. The highest BCUT2D eigenvalue weighted by molar-refractivity contribution is 9.10. The van der Waals surface area contributed by atoms with Gasteiger partial charge in [-0.2, -0.15) is 0 Å². The Labute approximate surface area is 135 Å². The highest BCUT2D eigenvalue weighted by Gasteiger charge is 2.14. The van der Waals surface area contributed by atoms with Crippen LogP contribution in [-0.2, 0) is 15.7 Å². The van der Waals surface area contributed by atoms with E-state index in [0.717, 1.165) is 4.47 Å². The lowest BCUT2D eigenvalue weighted by Crippen LogP contribution is -1.99. The third kappa shape index (κ3) is 4.18. The average molecular weight is 394 g/mol. The second-order valence-corrected chi connectivity index (χ2v) is 7.78. The van der Waals surface area contributed by atoms with Gasteiger partial charge in [0.05, 0.1) is 4.90 Å². The summed E-state index contributed by atoms with van der Waals surface area (Å²) < 4.78 is 42.0. The summed E-state index contributed by atoms with van der Waals surface area (Å²) in [6.45, 7) is 1.78. The van der Waals surface area contributed by atoms with Crippen molar-refractivity contribution in [2.24, 2.45) is 0 Å². The smallest absolute Gasteiger partial charge is 0.261 e. The number of aryl methyl sites for hydroxylation is 1. The van der Waals surface area contributed by atoms with E-state index in [2.05, 4.69) is 15.9 Å². The van der Waals surface area contributed by atoms with Crippen molar-refractivity contribution in [3.63, 3.8) is 0 Å². The van der Waals surface area contributed by atoms with Gasteiger partial charge in [0.15, 0.2) is 0 Å². The summed E-state index contributed by atoms with van der Waals surface area (Å²) in [5.74, 6) is 0.129. The van der Waals surface area contributed by atoms with Crippen LogP contribution >= 0.6 is 26.6 Å². The largest absolute Gasteiger partial charge is 0.489 e. The molecule has 0 aliphatic heterocycles. The zero-order valence-electron chi connectivity index (χ0n) is 10.9. The third-order valence-electron chi connectivity index (χ3n) is 2.81. The van der Waals surface area contributed by atoms with Crippen molar-refractivity contribution < 1.29 is 17.5 Å². The molecule has 0 aromatic heterocycles. The van der Waals surface area contributed by atoms with Crippen LogP contribution in [0.4, 0.5) is 4.39 Å². The molecule has 0 bridgehead atoms. The Hall–Kier alpha value is -1.11. The maximum Gasteiger partial charge on any atom is 0.261 e. The number of rotatable bonds is 4. The monoisotopic (exact) mass is 392 g/mol. The van der Waals surface area contributed by atoms with E-state index in [0.29, 0.717) is 16.9 Å². The SMILES string of the molecule is Cc1cc(OCc2cc(F)ccc2Br)ccc1S(=O)(=O)Cl. The number of hydrogen-bond donors (Lipinski definition) is 0. The van der Waals surface area contributed by atoms with E-state index < -0.39 is 9.05 Å². The minimum atomic E-state index is -3.77. The molecule has 0 N–H and O–H groups in total. The zero-order chi connectivity index (χ0) is 15.6. The van der Waals surface area contributed by atoms with Crippen molar-refractivity contribution in [2.75, 3.05) is 0 Å². The van der Waals surface area contributed by atoms with E-state index in [9.17, 15) is 12.8 Å². The van der Waals surface area contributed by atoms with Gasteiger partial charge in [0.2, 0.25) is 0 Å². The van der Waals surface area contributed by atoms with E-state index in [-0.39, 0.29) is 17.3 Å². The van der Waals surface area contributed by atoms with Gasteiger partial charge in [-0.25, -0.2) is 12.8 Å². The van der Waals surface area contributed by atoms with Gasteiger partial charge in [-0.15, -0.1) is 0 Å². The fourth-order valence-electron chi connectivity index (χ4n) is 1.80. The first-order valence-corrected chi connectivity index (χ1v) is 8.99. The molecular formula is C14H11BrClFO3S. The van der Waals surface area contributed by atoms with Gasteiger partial charge in [-0.05, 0) is 48.9 Å². The fourth-order valence-corrected chi connectivity index (χ4v) is 3.35. The predicted molar refractivity (Wildman–Crippen MR) is 82.6 cm³/mol. The van der Waals surface area contributed by atoms with Gasteiger partial charge in [-0.3, -0.25) is 0 Å². The van der Waals surface area contributed by atoms with Gasteiger partial charge in [0.25, 0.3) is 9.05 Å². The summed E-state index contributed by atoms with van der Waals surface area (Å²) in [6, 6.07) is 8.78. The molecule has 0 radical (unpaired) electrons.